The molecule has 0 aliphatic carbocycles. The Morgan fingerprint density at radius 2 is 2.00 bits per heavy atom. The van der Waals surface area contributed by atoms with Crippen LogP contribution in [-0.2, 0) is 0 Å². The summed E-state index contributed by atoms with van der Waals surface area (Å²) in [5.74, 6) is 0.608. The summed E-state index contributed by atoms with van der Waals surface area (Å²) in [5.41, 5.74) is 0.652. The van der Waals surface area contributed by atoms with Gasteiger partial charge >= 0.3 is 0 Å². The van der Waals surface area contributed by atoms with Crippen molar-refractivity contribution >= 4 is 34.5 Å². The normalized spacial score (nSPS) is 12.6. The van der Waals surface area contributed by atoms with E-state index in [4.69, 9.17) is 0 Å². The third-order valence-electron chi connectivity index (χ3n) is 2.98. The summed E-state index contributed by atoms with van der Waals surface area (Å²) in [7, 11) is 1.85. The highest BCUT2D eigenvalue weighted by Gasteiger charge is 2.19. The molecular weight excluding hydrogens is 310 g/mol. The lowest BCUT2D eigenvalue weighted by atomic mass is 10.0. The zero-order valence-corrected chi connectivity index (χ0v) is 13.8. The minimum absolute atomic E-state index is 0.0284. The number of carbonyl (C=O) groups excluding carboxylic acids is 1. The van der Waals surface area contributed by atoms with Gasteiger partial charge in [0.15, 0.2) is 0 Å². The van der Waals surface area contributed by atoms with Crippen LogP contribution in [0.3, 0.4) is 0 Å². The number of halogens is 1. The molecule has 0 saturated carbocycles. The maximum absolute atomic E-state index is 12.4. The average Bonchev–Trinajstić information content (AvgIpc) is 2.26. The third-order valence-corrected chi connectivity index (χ3v) is 3.85. The van der Waals surface area contributed by atoms with Crippen molar-refractivity contribution in [1.82, 2.24) is 4.90 Å². The molecule has 0 radical (unpaired) electrons. The van der Waals surface area contributed by atoms with Crippen LogP contribution in [0.15, 0.2) is 27.6 Å². The van der Waals surface area contributed by atoms with Gasteiger partial charge in [-0.15, -0.1) is 12.6 Å². The number of nitrogens with zero attached hydrogens (tertiary/aromatic N) is 1. The van der Waals surface area contributed by atoms with E-state index < -0.39 is 0 Å². The Morgan fingerprint density at radius 3 is 2.50 bits per heavy atom. The predicted molar refractivity (Wildman–Crippen MR) is 82.4 cm³/mol. The number of rotatable bonds is 4. The van der Waals surface area contributed by atoms with Crippen molar-refractivity contribution in [2.75, 3.05) is 7.05 Å². The van der Waals surface area contributed by atoms with E-state index in [1.54, 1.807) is 4.90 Å². The summed E-state index contributed by atoms with van der Waals surface area (Å²) >= 11 is 7.73. The summed E-state index contributed by atoms with van der Waals surface area (Å²) in [6, 6.07) is 5.76. The average molecular weight is 330 g/mol. The molecule has 0 saturated heterocycles. The number of carbonyl (C=O) groups is 1. The Kier molecular flexibility index (Phi) is 5.73. The second-order valence-electron chi connectivity index (χ2n) is 5.06. The Bertz CT molecular complexity index is 434. The molecule has 100 valence electrons. The molecule has 1 rings (SSSR count). The summed E-state index contributed by atoms with van der Waals surface area (Å²) in [4.78, 5) is 14.9. The maximum Gasteiger partial charge on any atom is 0.254 e. The Balaban J connectivity index is 2.86. The number of hydrogen-bond acceptors (Lipinski definition) is 2. The van der Waals surface area contributed by atoms with Crippen LogP contribution in [0.5, 0.6) is 0 Å². The first kappa shape index (κ1) is 15.6. The van der Waals surface area contributed by atoms with Crippen LogP contribution in [0, 0.1) is 5.92 Å². The van der Waals surface area contributed by atoms with Gasteiger partial charge in [0.05, 0.1) is 5.56 Å². The van der Waals surface area contributed by atoms with Crippen LogP contribution in [0.2, 0.25) is 0 Å². The summed E-state index contributed by atoms with van der Waals surface area (Å²) in [5, 5.41) is 0. The molecule has 0 aromatic heterocycles. The van der Waals surface area contributed by atoms with E-state index in [0.717, 1.165) is 10.9 Å². The molecule has 2 nitrogen and oxygen atoms in total. The van der Waals surface area contributed by atoms with Crippen molar-refractivity contribution in [2.24, 2.45) is 5.92 Å². The number of amides is 1. The zero-order chi connectivity index (χ0) is 13.9. The molecule has 1 aromatic rings. The van der Waals surface area contributed by atoms with Crippen LogP contribution < -0.4 is 0 Å². The molecule has 1 atom stereocenters. The van der Waals surface area contributed by atoms with Gasteiger partial charge in [-0.25, -0.2) is 0 Å². The second kappa shape index (κ2) is 6.62. The monoisotopic (exact) mass is 329 g/mol. The van der Waals surface area contributed by atoms with Gasteiger partial charge < -0.3 is 4.90 Å². The molecule has 0 spiro atoms. The first-order valence-corrected chi connectivity index (χ1v) is 7.32. The van der Waals surface area contributed by atoms with Crippen LogP contribution in [0.4, 0.5) is 0 Å². The number of benzene rings is 1. The van der Waals surface area contributed by atoms with Gasteiger partial charge in [-0.05, 0) is 37.5 Å². The highest BCUT2D eigenvalue weighted by molar-refractivity contribution is 9.10. The van der Waals surface area contributed by atoms with Gasteiger partial charge in [0, 0.05) is 22.5 Å². The second-order valence-corrected chi connectivity index (χ2v) is 6.45. The van der Waals surface area contributed by atoms with Crippen molar-refractivity contribution in [1.29, 1.82) is 0 Å². The summed E-state index contributed by atoms with van der Waals surface area (Å²) in [6.07, 6.45) is 1.00. The molecule has 0 aliphatic rings. The van der Waals surface area contributed by atoms with Crippen molar-refractivity contribution in [3.05, 3.63) is 28.2 Å². The minimum Gasteiger partial charge on any atom is -0.339 e. The number of thiol groups is 1. The molecule has 1 unspecified atom stereocenters. The third kappa shape index (κ3) is 4.02. The number of hydrogen-bond donors (Lipinski definition) is 1. The van der Waals surface area contributed by atoms with Gasteiger partial charge in [0.2, 0.25) is 0 Å². The highest BCUT2D eigenvalue weighted by atomic mass is 79.9. The lowest BCUT2D eigenvalue weighted by molar-refractivity contribution is 0.0725. The molecule has 4 heteroatoms. The van der Waals surface area contributed by atoms with Gasteiger partial charge in [-0.1, -0.05) is 29.8 Å². The minimum atomic E-state index is 0.0284. The van der Waals surface area contributed by atoms with E-state index in [2.05, 4.69) is 49.3 Å². The van der Waals surface area contributed by atoms with Gasteiger partial charge in [0.1, 0.15) is 0 Å². The van der Waals surface area contributed by atoms with Crippen LogP contribution in [-0.4, -0.2) is 23.9 Å². The van der Waals surface area contributed by atoms with Crippen molar-refractivity contribution in [3.63, 3.8) is 0 Å². The predicted octanol–water partition coefficient (Wildman–Crippen LogP) is 4.24. The topological polar surface area (TPSA) is 20.3 Å². The lowest BCUT2D eigenvalue weighted by Gasteiger charge is -2.26. The largest absolute Gasteiger partial charge is 0.339 e. The molecular formula is C14H20BrNOS. The molecule has 18 heavy (non-hydrogen) atoms. The standard InChI is InChI=1S/C14H20BrNOS/c1-9(2)7-10(3)16(4)14(17)12-6-5-11(15)8-13(12)18/h5-6,8-10,18H,7H2,1-4H3. The SMILES string of the molecule is CC(C)CC(C)N(C)C(=O)c1ccc(Br)cc1S. The molecule has 0 aliphatic heterocycles. The first-order valence-electron chi connectivity index (χ1n) is 6.08. The van der Waals surface area contributed by atoms with E-state index in [1.807, 2.05) is 25.2 Å². The van der Waals surface area contributed by atoms with E-state index in [1.165, 1.54) is 0 Å². The van der Waals surface area contributed by atoms with Gasteiger partial charge in [-0.3, -0.25) is 4.79 Å². The lowest BCUT2D eigenvalue weighted by Crippen LogP contribution is -2.36. The molecule has 1 amide bonds. The van der Waals surface area contributed by atoms with Gasteiger partial charge in [0.25, 0.3) is 5.91 Å². The van der Waals surface area contributed by atoms with Crippen LogP contribution >= 0.6 is 28.6 Å². The highest BCUT2D eigenvalue weighted by Crippen LogP contribution is 2.22. The van der Waals surface area contributed by atoms with E-state index in [9.17, 15) is 4.79 Å². The molecule has 0 bridgehead atoms. The van der Waals surface area contributed by atoms with Crippen molar-refractivity contribution < 1.29 is 4.79 Å². The zero-order valence-electron chi connectivity index (χ0n) is 11.3. The Morgan fingerprint density at radius 1 is 1.39 bits per heavy atom. The van der Waals surface area contributed by atoms with Gasteiger partial charge in [-0.2, -0.15) is 0 Å². The Hall–Kier alpha value is -0.480. The fraction of sp³-hybridized carbons (Fsp3) is 0.500. The summed E-state index contributed by atoms with van der Waals surface area (Å²) in [6.45, 7) is 6.41. The summed E-state index contributed by atoms with van der Waals surface area (Å²) < 4.78 is 0.932. The maximum atomic E-state index is 12.4. The van der Waals surface area contributed by atoms with E-state index in [0.29, 0.717) is 16.4 Å². The van der Waals surface area contributed by atoms with Crippen molar-refractivity contribution in [2.45, 2.75) is 38.1 Å². The van der Waals surface area contributed by atoms with E-state index >= 15 is 0 Å². The fourth-order valence-corrected chi connectivity index (χ4v) is 2.76. The molecule has 1 aromatic carbocycles. The fourth-order valence-electron chi connectivity index (χ4n) is 1.92. The Labute approximate surface area is 123 Å². The first-order chi connectivity index (χ1) is 8.32. The smallest absolute Gasteiger partial charge is 0.254 e. The van der Waals surface area contributed by atoms with Crippen LogP contribution in [0.25, 0.3) is 0 Å². The van der Waals surface area contributed by atoms with Crippen LogP contribution in [0.1, 0.15) is 37.6 Å². The molecule has 0 heterocycles. The quantitative estimate of drug-likeness (QED) is 0.819. The van der Waals surface area contributed by atoms with E-state index in [-0.39, 0.29) is 11.9 Å². The molecule has 0 fully saturated rings. The van der Waals surface area contributed by atoms with Crippen molar-refractivity contribution in [3.8, 4) is 0 Å². The molecule has 0 N–H and O–H groups in total.